The Bertz CT molecular complexity index is 1290. The Morgan fingerprint density at radius 1 is 1.14 bits per heavy atom. The van der Waals surface area contributed by atoms with Crippen molar-refractivity contribution < 1.29 is 33.3 Å². The number of nitrogens with one attached hydrogen (secondary N) is 1. The van der Waals surface area contributed by atoms with Gasteiger partial charge in [0.05, 0.1) is 5.56 Å². The van der Waals surface area contributed by atoms with E-state index in [1.807, 2.05) is 0 Å². The van der Waals surface area contributed by atoms with Gasteiger partial charge in [0, 0.05) is 30.1 Å². The first kappa shape index (κ1) is 26.7. The summed E-state index contributed by atoms with van der Waals surface area (Å²) in [4.78, 5) is 63.4. The van der Waals surface area contributed by atoms with Gasteiger partial charge in [-0.1, -0.05) is 31.4 Å². The van der Waals surface area contributed by atoms with Gasteiger partial charge in [0.15, 0.2) is 6.23 Å². The minimum Gasteiger partial charge on any atom is -0.459 e. The number of hydrogen-bond acceptors (Lipinski definition) is 9. The molecule has 1 fully saturated rings. The van der Waals surface area contributed by atoms with Crippen molar-refractivity contribution in [3.05, 3.63) is 68.0 Å². The van der Waals surface area contributed by atoms with Crippen LogP contribution in [0, 0.1) is 12.3 Å². The number of rotatable bonds is 8. The average Bonchev–Trinajstić information content (AvgIpc) is 3.15. The summed E-state index contributed by atoms with van der Waals surface area (Å²) in [7, 11) is 0. The van der Waals surface area contributed by atoms with Gasteiger partial charge in [-0.15, -0.1) is 6.42 Å². The molecule has 1 aliphatic heterocycles. The minimum atomic E-state index is -2.07. The van der Waals surface area contributed by atoms with Gasteiger partial charge in [0.1, 0.15) is 12.7 Å². The molecule has 1 aliphatic rings. The van der Waals surface area contributed by atoms with Crippen LogP contribution in [0.3, 0.4) is 0 Å². The van der Waals surface area contributed by atoms with E-state index < -0.39 is 59.8 Å². The van der Waals surface area contributed by atoms with Gasteiger partial charge >= 0.3 is 23.6 Å². The molecule has 36 heavy (non-hydrogen) atoms. The van der Waals surface area contributed by atoms with Gasteiger partial charge in [-0.3, -0.25) is 23.9 Å². The number of aromatic nitrogens is 2. The second-order valence-electron chi connectivity index (χ2n) is 7.67. The van der Waals surface area contributed by atoms with Crippen LogP contribution in [0.15, 0.2) is 46.1 Å². The number of esters is 3. The number of terminal acetylenes is 1. The van der Waals surface area contributed by atoms with Gasteiger partial charge in [-0.2, -0.15) is 0 Å². The molecule has 1 aromatic carbocycles. The first-order valence-electron chi connectivity index (χ1n) is 10.9. The summed E-state index contributed by atoms with van der Waals surface area (Å²) in [6.45, 7) is 2.52. The highest BCUT2D eigenvalue weighted by Crippen LogP contribution is 2.42. The lowest BCUT2D eigenvalue weighted by molar-refractivity contribution is -0.177. The number of carbonyl (C=O) groups excluding carboxylic acids is 3. The number of ether oxygens (including phenoxy) is 4. The Balaban J connectivity index is 2.03. The van der Waals surface area contributed by atoms with E-state index in [0.29, 0.717) is 5.02 Å². The summed E-state index contributed by atoms with van der Waals surface area (Å²) >= 11 is 5.85. The predicted octanol–water partition coefficient (Wildman–Crippen LogP) is 1.59. The van der Waals surface area contributed by atoms with Crippen molar-refractivity contribution in [1.82, 2.24) is 9.55 Å². The number of halogens is 1. The van der Waals surface area contributed by atoms with Gasteiger partial charge in [0.25, 0.3) is 5.56 Å². The van der Waals surface area contributed by atoms with Crippen LogP contribution < -0.4 is 11.2 Å². The Morgan fingerprint density at radius 3 is 2.39 bits per heavy atom. The zero-order valence-electron chi connectivity index (χ0n) is 19.4. The molecule has 4 atom stereocenters. The standard InChI is InChI=1S/C24H23ClN2O9/c1-4-18(29)35-20-21(27-12-11-17(28)26-23(27)32)34-16(24(20,6-3)36-19(30)5-2)13-33-22(31)14-7-9-15(25)10-8-14/h3,7-12,16,20-21H,4-5,13H2,1-2H3,(H,26,28,32)/t16-,20+,21-,24-/m1/s1. The van der Waals surface area contributed by atoms with E-state index in [9.17, 15) is 24.0 Å². The fraction of sp³-hybridized carbons (Fsp3) is 0.375. The van der Waals surface area contributed by atoms with Crippen molar-refractivity contribution in [1.29, 1.82) is 0 Å². The molecule has 0 aliphatic carbocycles. The van der Waals surface area contributed by atoms with Crippen LogP contribution in [-0.4, -0.2) is 51.9 Å². The highest BCUT2D eigenvalue weighted by atomic mass is 35.5. The van der Waals surface area contributed by atoms with E-state index in [2.05, 4.69) is 10.9 Å². The topological polar surface area (TPSA) is 143 Å². The summed E-state index contributed by atoms with van der Waals surface area (Å²) < 4.78 is 23.3. The summed E-state index contributed by atoms with van der Waals surface area (Å²) in [5.41, 5.74) is -3.46. The third-order valence-electron chi connectivity index (χ3n) is 5.38. The fourth-order valence-corrected chi connectivity index (χ4v) is 3.64. The molecule has 2 aromatic rings. The summed E-state index contributed by atoms with van der Waals surface area (Å²) in [5.74, 6) is 0.101. The largest absolute Gasteiger partial charge is 0.459 e. The molecule has 0 spiro atoms. The Morgan fingerprint density at radius 2 is 1.81 bits per heavy atom. The van der Waals surface area contributed by atoms with Crippen molar-refractivity contribution in [2.75, 3.05) is 6.61 Å². The summed E-state index contributed by atoms with van der Waals surface area (Å²) in [5, 5.41) is 0.415. The molecule has 3 rings (SSSR count). The number of H-pyrrole nitrogens is 1. The van der Waals surface area contributed by atoms with Crippen molar-refractivity contribution >= 4 is 29.5 Å². The number of carbonyl (C=O) groups is 3. The molecule has 190 valence electrons. The fourth-order valence-electron chi connectivity index (χ4n) is 3.52. The molecule has 0 saturated carbocycles. The molecule has 0 unspecified atom stereocenters. The zero-order chi connectivity index (χ0) is 26.5. The van der Waals surface area contributed by atoms with Crippen molar-refractivity contribution in [3.8, 4) is 12.3 Å². The SMILES string of the molecule is C#C[C@@]1(OC(=O)CC)[C@@H](COC(=O)c2ccc(Cl)cc2)O[C@@H](n2ccc(=O)[nH]c2=O)[C@@H]1OC(=O)CC. The molecular formula is C24H23ClN2O9. The molecule has 1 saturated heterocycles. The van der Waals surface area contributed by atoms with Crippen molar-refractivity contribution in [2.45, 2.75) is 50.7 Å². The third-order valence-corrected chi connectivity index (χ3v) is 5.63. The van der Waals surface area contributed by atoms with Crippen LogP contribution in [0.5, 0.6) is 0 Å². The normalized spacial score (nSPS) is 22.9. The lowest BCUT2D eigenvalue weighted by Crippen LogP contribution is -2.53. The first-order chi connectivity index (χ1) is 17.1. The lowest BCUT2D eigenvalue weighted by Gasteiger charge is -2.32. The second-order valence-corrected chi connectivity index (χ2v) is 8.10. The monoisotopic (exact) mass is 518 g/mol. The van der Waals surface area contributed by atoms with Crippen LogP contribution in [-0.2, 0) is 28.5 Å². The number of nitrogens with zero attached hydrogens (tertiary/aromatic N) is 1. The van der Waals surface area contributed by atoms with Gasteiger partial charge in [0.2, 0.25) is 11.7 Å². The van der Waals surface area contributed by atoms with Crippen molar-refractivity contribution in [3.63, 3.8) is 0 Å². The Kier molecular flexibility index (Phi) is 8.34. The molecular weight excluding hydrogens is 496 g/mol. The van der Waals surface area contributed by atoms with Crippen LogP contribution in [0.25, 0.3) is 0 Å². The van der Waals surface area contributed by atoms with Gasteiger partial charge in [-0.05, 0) is 24.3 Å². The van der Waals surface area contributed by atoms with Crippen LogP contribution in [0.4, 0.5) is 0 Å². The third kappa shape index (κ3) is 5.50. The molecule has 0 radical (unpaired) electrons. The highest BCUT2D eigenvalue weighted by Gasteiger charge is 2.62. The maximum atomic E-state index is 12.6. The molecule has 2 heterocycles. The highest BCUT2D eigenvalue weighted by molar-refractivity contribution is 6.30. The molecule has 12 heteroatoms. The van der Waals surface area contributed by atoms with Crippen molar-refractivity contribution in [2.24, 2.45) is 0 Å². The number of hydrogen-bond donors (Lipinski definition) is 1. The second kappa shape index (κ2) is 11.2. The molecule has 0 amide bonds. The average molecular weight is 519 g/mol. The smallest absolute Gasteiger partial charge is 0.338 e. The summed E-state index contributed by atoms with van der Waals surface area (Å²) in [6, 6.07) is 6.93. The maximum absolute atomic E-state index is 12.6. The van der Waals surface area contributed by atoms with E-state index in [1.54, 1.807) is 0 Å². The van der Waals surface area contributed by atoms with E-state index in [4.69, 9.17) is 37.0 Å². The molecule has 1 N–H and O–H groups in total. The molecule has 11 nitrogen and oxygen atoms in total. The first-order valence-corrected chi connectivity index (χ1v) is 11.3. The zero-order valence-corrected chi connectivity index (χ0v) is 20.2. The van der Waals surface area contributed by atoms with Crippen LogP contribution in [0.2, 0.25) is 5.02 Å². The molecule has 0 bridgehead atoms. The predicted molar refractivity (Wildman–Crippen MR) is 125 cm³/mol. The Hall–Kier alpha value is -3.88. The van der Waals surface area contributed by atoms with Crippen LogP contribution in [0.1, 0.15) is 43.3 Å². The lowest BCUT2D eigenvalue weighted by atomic mass is 9.92. The summed E-state index contributed by atoms with van der Waals surface area (Å²) in [6.07, 6.45) is 2.47. The Labute approximate surface area is 210 Å². The minimum absolute atomic E-state index is 0.0671. The maximum Gasteiger partial charge on any atom is 0.338 e. The molecule has 1 aromatic heterocycles. The van der Waals surface area contributed by atoms with E-state index in [-0.39, 0.29) is 18.4 Å². The number of aromatic amines is 1. The van der Waals surface area contributed by atoms with Gasteiger partial charge in [-0.25, -0.2) is 9.59 Å². The van der Waals surface area contributed by atoms with E-state index >= 15 is 0 Å². The number of benzene rings is 1. The van der Waals surface area contributed by atoms with Gasteiger partial charge < -0.3 is 18.9 Å². The van der Waals surface area contributed by atoms with E-state index in [0.717, 1.165) is 16.8 Å². The van der Waals surface area contributed by atoms with Crippen LogP contribution >= 0.6 is 11.6 Å². The quantitative estimate of drug-likeness (QED) is 0.313. The van der Waals surface area contributed by atoms with E-state index in [1.165, 1.54) is 38.1 Å².